The quantitative estimate of drug-likeness (QED) is 0.470. The van der Waals surface area contributed by atoms with Crippen LogP contribution in [0.3, 0.4) is 0 Å². The first-order valence-electron chi connectivity index (χ1n) is 8.07. The van der Waals surface area contributed by atoms with Crippen LogP contribution in [0, 0.1) is 0 Å². The monoisotopic (exact) mass is 408 g/mol. The fourth-order valence-electron chi connectivity index (χ4n) is 2.29. The lowest BCUT2D eigenvalue weighted by Crippen LogP contribution is -2.18. The number of halogens is 1. The number of hydrazone groups is 1. The average molecular weight is 409 g/mol. The first-order chi connectivity index (χ1) is 12.7. The van der Waals surface area contributed by atoms with Crippen LogP contribution in [-0.4, -0.2) is 12.1 Å². The maximum Gasteiger partial charge on any atom is 0.275 e. The van der Waals surface area contributed by atoms with Crippen LogP contribution >= 0.6 is 15.9 Å². The number of hydrogen-bond acceptors (Lipinski definition) is 3. The van der Waals surface area contributed by atoms with Crippen molar-refractivity contribution in [2.75, 3.05) is 0 Å². The molecule has 0 saturated carbocycles. The van der Waals surface area contributed by atoms with Gasteiger partial charge in [-0.3, -0.25) is 4.79 Å². The first-order valence-corrected chi connectivity index (χ1v) is 8.86. The molecule has 1 amide bonds. The lowest BCUT2D eigenvalue weighted by atomic mass is 10.2. The molecule has 0 aromatic heterocycles. The molecule has 0 aliphatic heterocycles. The van der Waals surface area contributed by atoms with Crippen molar-refractivity contribution >= 4 is 28.1 Å². The highest BCUT2D eigenvalue weighted by molar-refractivity contribution is 9.10. The predicted octanol–water partition coefficient (Wildman–Crippen LogP) is 4.79. The Labute approximate surface area is 160 Å². The molecule has 5 heteroatoms. The van der Waals surface area contributed by atoms with E-state index in [1.54, 1.807) is 24.4 Å². The molecule has 0 saturated heterocycles. The number of ether oxygens (including phenoxy) is 1. The van der Waals surface area contributed by atoms with Gasteiger partial charge < -0.3 is 4.74 Å². The van der Waals surface area contributed by atoms with Crippen molar-refractivity contribution in [1.29, 1.82) is 0 Å². The minimum absolute atomic E-state index is 0.318. The third-order valence-corrected chi connectivity index (χ3v) is 4.15. The molecule has 0 heterocycles. The Morgan fingerprint density at radius 3 is 2.42 bits per heavy atom. The summed E-state index contributed by atoms with van der Waals surface area (Å²) in [6, 6.07) is 24.6. The van der Waals surface area contributed by atoms with Crippen molar-refractivity contribution in [3.8, 4) is 5.75 Å². The van der Waals surface area contributed by atoms with E-state index in [0.717, 1.165) is 15.6 Å². The molecule has 4 nitrogen and oxygen atoms in total. The summed E-state index contributed by atoms with van der Waals surface area (Å²) < 4.78 is 6.79. The molecular weight excluding hydrogens is 392 g/mol. The fraction of sp³-hybridized carbons (Fsp3) is 0.0476. The van der Waals surface area contributed by atoms with Gasteiger partial charge in [0.05, 0.1) is 11.8 Å². The molecular formula is C21H17BrN2O2. The third-order valence-electron chi connectivity index (χ3n) is 3.62. The second kappa shape index (κ2) is 8.97. The third kappa shape index (κ3) is 5.04. The second-order valence-corrected chi connectivity index (χ2v) is 6.44. The number of rotatable bonds is 6. The van der Waals surface area contributed by atoms with Gasteiger partial charge in [-0.05, 0) is 35.4 Å². The molecule has 0 radical (unpaired) electrons. The summed E-state index contributed by atoms with van der Waals surface area (Å²) >= 11 is 3.38. The molecule has 3 rings (SSSR count). The van der Waals surface area contributed by atoms with E-state index >= 15 is 0 Å². The molecule has 1 N–H and O–H groups in total. The Hall–Kier alpha value is -2.92. The highest BCUT2D eigenvalue weighted by Crippen LogP contribution is 2.19. The maximum atomic E-state index is 12.4. The van der Waals surface area contributed by atoms with Gasteiger partial charge in [0.15, 0.2) is 0 Å². The molecule has 130 valence electrons. The largest absolute Gasteiger partial charge is 0.488 e. The van der Waals surface area contributed by atoms with Crippen molar-refractivity contribution in [2.45, 2.75) is 6.61 Å². The van der Waals surface area contributed by atoms with Crippen LogP contribution in [0.15, 0.2) is 88.4 Å². The van der Waals surface area contributed by atoms with Gasteiger partial charge in [0.1, 0.15) is 12.4 Å². The summed E-state index contributed by atoms with van der Waals surface area (Å²) in [5, 5.41) is 4.01. The lowest BCUT2D eigenvalue weighted by Gasteiger charge is -2.10. The molecule has 3 aromatic carbocycles. The van der Waals surface area contributed by atoms with Gasteiger partial charge in [-0.2, -0.15) is 5.10 Å². The van der Waals surface area contributed by atoms with Crippen molar-refractivity contribution in [3.63, 3.8) is 0 Å². The van der Waals surface area contributed by atoms with Gasteiger partial charge in [0, 0.05) is 4.47 Å². The molecule has 0 aliphatic rings. The lowest BCUT2D eigenvalue weighted by molar-refractivity contribution is 0.0950. The van der Waals surface area contributed by atoms with Crippen molar-refractivity contribution in [3.05, 3.63) is 100 Å². The standard InChI is InChI=1S/C21H17BrN2O2/c22-18-12-10-16(11-13-18)14-23-24-21(25)19-8-4-5-9-20(19)26-15-17-6-2-1-3-7-17/h1-14H,15H2,(H,24,25)/b23-14+. The zero-order valence-corrected chi connectivity index (χ0v) is 15.5. The zero-order valence-electron chi connectivity index (χ0n) is 13.9. The summed E-state index contributed by atoms with van der Waals surface area (Å²) in [6.07, 6.45) is 1.60. The molecule has 0 spiro atoms. The number of benzene rings is 3. The Kier molecular flexibility index (Phi) is 6.17. The van der Waals surface area contributed by atoms with Crippen molar-refractivity contribution < 1.29 is 9.53 Å². The van der Waals surface area contributed by atoms with E-state index in [2.05, 4.69) is 26.5 Å². The molecule has 0 aliphatic carbocycles. The SMILES string of the molecule is O=C(N/N=C/c1ccc(Br)cc1)c1ccccc1OCc1ccccc1. The minimum atomic E-state index is -0.318. The zero-order chi connectivity index (χ0) is 18.2. The van der Waals surface area contributed by atoms with Crippen LogP contribution in [0.25, 0.3) is 0 Å². The van der Waals surface area contributed by atoms with E-state index in [9.17, 15) is 4.79 Å². The van der Waals surface area contributed by atoms with E-state index in [1.165, 1.54) is 0 Å². The number of nitrogens with zero attached hydrogens (tertiary/aromatic N) is 1. The van der Waals surface area contributed by atoms with E-state index < -0.39 is 0 Å². The minimum Gasteiger partial charge on any atom is -0.488 e. The number of para-hydroxylation sites is 1. The summed E-state index contributed by atoms with van der Waals surface area (Å²) in [7, 11) is 0. The molecule has 0 bridgehead atoms. The van der Waals surface area contributed by atoms with E-state index in [-0.39, 0.29) is 5.91 Å². The number of amides is 1. The number of carbonyl (C=O) groups is 1. The van der Waals surface area contributed by atoms with Gasteiger partial charge in [0.25, 0.3) is 5.91 Å². The van der Waals surface area contributed by atoms with Gasteiger partial charge >= 0.3 is 0 Å². The topological polar surface area (TPSA) is 50.7 Å². The smallest absolute Gasteiger partial charge is 0.275 e. The molecule has 0 unspecified atom stereocenters. The Bertz CT molecular complexity index is 893. The van der Waals surface area contributed by atoms with Gasteiger partial charge in [0.2, 0.25) is 0 Å². The van der Waals surface area contributed by atoms with Crippen molar-refractivity contribution in [1.82, 2.24) is 5.43 Å². The average Bonchev–Trinajstić information content (AvgIpc) is 2.69. The van der Waals surface area contributed by atoms with Gasteiger partial charge in [-0.25, -0.2) is 5.43 Å². The summed E-state index contributed by atoms with van der Waals surface area (Å²) in [6.45, 7) is 0.396. The first kappa shape index (κ1) is 17.9. The normalized spacial score (nSPS) is 10.7. The number of carbonyl (C=O) groups excluding carboxylic acids is 1. The maximum absolute atomic E-state index is 12.4. The van der Waals surface area contributed by atoms with Gasteiger partial charge in [-0.15, -0.1) is 0 Å². The Morgan fingerprint density at radius 1 is 0.962 bits per heavy atom. The van der Waals surface area contributed by atoms with Crippen LogP contribution in [-0.2, 0) is 6.61 Å². The molecule has 0 fully saturated rings. The van der Waals surface area contributed by atoms with Crippen LogP contribution in [0.2, 0.25) is 0 Å². The van der Waals surface area contributed by atoms with E-state index in [1.807, 2.05) is 60.7 Å². The predicted molar refractivity (Wildman–Crippen MR) is 106 cm³/mol. The highest BCUT2D eigenvalue weighted by atomic mass is 79.9. The van der Waals surface area contributed by atoms with E-state index in [0.29, 0.717) is 17.9 Å². The van der Waals surface area contributed by atoms with Crippen LogP contribution in [0.4, 0.5) is 0 Å². The molecule has 3 aromatic rings. The molecule has 0 atom stereocenters. The van der Waals surface area contributed by atoms with Crippen LogP contribution in [0.5, 0.6) is 5.75 Å². The molecule has 26 heavy (non-hydrogen) atoms. The second-order valence-electron chi connectivity index (χ2n) is 5.52. The van der Waals surface area contributed by atoms with Crippen LogP contribution < -0.4 is 10.2 Å². The summed E-state index contributed by atoms with van der Waals surface area (Å²) in [5.41, 5.74) is 4.91. The Balaban J connectivity index is 1.64. The number of hydrogen-bond donors (Lipinski definition) is 1. The van der Waals surface area contributed by atoms with Crippen LogP contribution in [0.1, 0.15) is 21.5 Å². The fourth-order valence-corrected chi connectivity index (χ4v) is 2.55. The Morgan fingerprint density at radius 2 is 1.65 bits per heavy atom. The van der Waals surface area contributed by atoms with E-state index in [4.69, 9.17) is 4.74 Å². The summed E-state index contributed by atoms with van der Waals surface area (Å²) in [4.78, 5) is 12.4. The summed E-state index contributed by atoms with van der Waals surface area (Å²) in [5.74, 6) is 0.203. The number of nitrogens with one attached hydrogen (secondary N) is 1. The van der Waals surface area contributed by atoms with Crippen molar-refractivity contribution in [2.24, 2.45) is 5.10 Å². The highest BCUT2D eigenvalue weighted by Gasteiger charge is 2.11. The van der Waals surface area contributed by atoms with Gasteiger partial charge in [-0.1, -0.05) is 70.5 Å².